The van der Waals surface area contributed by atoms with Crippen LogP contribution in [0, 0.1) is 6.92 Å². The molecule has 0 radical (unpaired) electrons. The van der Waals surface area contributed by atoms with Crippen molar-refractivity contribution in [3.63, 3.8) is 0 Å². The number of nitrogens with zero attached hydrogens (tertiary/aromatic N) is 1. The number of ketones is 1. The lowest BCUT2D eigenvalue weighted by atomic mass is 9.92. The summed E-state index contributed by atoms with van der Waals surface area (Å²) in [6.45, 7) is 13.9. The monoisotopic (exact) mass is 431 g/mol. The average Bonchev–Trinajstić information content (AvgIpc) is 3.02. The Bertz CT molecular complexity index is 1080. The Hall–Kier alpha value is -3.60. The molecule has 1 heterocycles. The number of aliphatic hydroxyl groups is 1. The highest BCUT2D eigenvalue weighted by atomic mass is 16.5. The number of amides is 1. The Morgan fingerprint density at radius 3 is 2.38 bits per heavy atom. The molecule has 1 N–H and O–H groups in total. The van der Waals surface area contributed by atoms with Gasteiger partial charge in [-0.1, -0.05) is 56.8 Å². The quantitative estimate of drug-likeness (QED) is 0.267. The topological polar surface area (TPSA) is 66.8 Å². The lowest BCUT2D eigenvalue weighted by Crippen LogP contribution is -2.29. The molecule has 3 rings (SSSR count). The van der Waals surface area contributed by atoms with Crippen molar-refractivity contribution < 1.29 is 19.4 Å². The Kier molecular flexibility index (Phi) is 6.98. The molecule has 1 amide bonds. The summed E-state index contributed by atoms with van der Waals surface area (Å²) in [5, 5.41) is 11.2. The van der Waals surface area contributed by atoms with Crippen LogP contribution in [0.5, 0.6) is 5.75 Å². The van der Waals surface area contributed by atoms with Gasteiger partial charge in [0.1, 0.15) is 18.1 Å². The molecule has 166 valence electrons. The summed E-state index contributed by atoms with van der Waals surface area (Å²) in [7, 11) is 0. The van der Waals surface area contributed by atoms with E-state index in [2.05, 4.69) is 27.0 Å². The van der Waals surface area contributed by atoms with Crippen LogP contribution in [-0.4, -0.2) is 34.8 Å². The number of ether oxygens (including phenoxy) is 1. The van der Waals surface area contributed by atoms with E-state index in [9.17, 15) is 14.7 Å². The smallest absolute Gasteiger partial charge is 0.295 e. The third-order valence-electron chi connectivity index (χ3n) is 5.61. The Balaban J connectivity index is 2.13. The Morgan fingerprint density at radius 1 is 1.12 bits per heavy atom. The van der Waals surface area contributed by atoms with Gasteiger partial charge in [0.2, 0.25) is 0 Å². The van der Waals surface area contributed by atoms with Crippen molar-refractivity contribution in [2.24, 2.45) is 0 Å². The van der Waals surface area contributed by atoms with Crippen LogP contribution < -0.4 is 4.74 Å². The Labute approximate surface area is 189 Å². The van der Waals surface area contributed by atoms with Gasteiger partial charge in [-0.25, -0.2) is 0 Å². The van der Waals surface area contributed by atoms with Gasteiger partial charge in [0.15, 0.2) is 0 Å². The van der Waals surface area contributed by atoms with Crippen LogP contribution in [0.2, 0.25) is 0 Å². The molecule has 0 unspecified atom stereocenters. The molecule has 2 aromatic rings. The fraction of sp³-hybridized carbons (Fsp3) is 0.259. The molecule has 0 aliphatic carbocycles. The number of carbonyl (C=O) groups is 2. The predicted molar refractivity (Wildman–Crippen MR) is 127 cm³/mol. The normalized spacial score (nSPS) is 17.6. The lowest BCUT2D eigenvalue weighted by molar-refractivity contribution is -0.139. The van der Waals surface area contributed by atoms with Gasteiger partial charge in [-0.05, 0) is 47.7 Å². The van der Waals surface area contributed by atoms with Crippen molar-refractivity contribution in [3.8, 4) is 5.75 Å². The summed E-state index contributed by atoms with van der Waals surface area (Å²) in [6, 6.07) is 12.3. The van der Waals surface area contributed by atoms with Crippen LogP contribution in [-0.2, 0) is 9.59 Å². The van der Waals surface area contributed by atoms with Gasteiger partial charge < -0.3 is 14.7 Å². The van der Waals surface area contributed by atoms with Gasteiger partial charge in [0, 0.05) is 12.1 Å². The molecule has 5 nitrogen and oxygen atoms in total. The van der Waals surface area contributed by atoms with E-state index in [-0.39, 0.29) is 17.9 Å². The molecule has 1 saturated heterocycles. The molecule has 1 fully saturated rings. The van der Waals surface area contributed by atoms with Crippen LogP contribution in [0.3, 0.4) is 0 Å². The molecule has 1 aliphatic heterocycles. The molecular formula is C27H29NO4. The number of likely N-dealkylation sites (tertiary alicyclic amines) is 1. The zero-order valence-corrected chi connectivity index (χ0v) is 18.8. The van der Waals surface area contributed by atoms with Gasteiger partial charge in [0.05, 0.1) is 11.6 Å². The van der Waals surface area contributed by atoms with Gasteiger partial charge in [-0.2, -0.15) is 0 Å². The number of hydrogen-bond acceptors (Lipinski definition) is 4. The SMILES string of the molecule is C=CCOc1ccc(C(O)=C2C(=O)C(=O)N(CC=C)[C@@H]2c2ccc(C(C)C)cc2)c(C)c1. The van der Waals surface area contributed by atoms with E-state index in [0.717, 1.165) is 16.7 Å². The number of benzene rings is 2. The second-order valence-corrected chi connectivity index (χ2v) is 8.14. The van der Waals surface area contributed by atoms with E-state index in [1.165, 1.54) is 4.90 Å². The highest BCUT2D eigenvalue weighted by molar-refractivity contribution is 6.46. The fourth-order valence-corrected chi connectivity index (χ4v) is 3.91. The number of Topliss-reactive ketones (excluding diaryl/α,β-unsaturated/α-hetero) is 1. The van der Waals surface area contributed by atoms with Crippen molar-refractivity contribution >= 4 is 17.4 Å². The largest absolute Gasteiger partial charge is 0.507 e. The minimum atomic E-state index is -0.700. The second kappa shape index (κ2) is 9.69. The first-order chi connectivity index (χ1) is 15.3. The van der Waals surface area contributed by atoms with E-state index in [0.29, 0.717) is 23.8 Å². The number of hydrogen-bond donors (Lipinski definition) is 1. The summed E-state index contributed by atoms with van der Waals surface area (Å²) >= 11 is 0. The molecule has 0 spiro atoms. The van der Waals surface area contributed by atoms with Crippen molar-refractivity contribution in [2.75, 3.05) is 13.2 Å². The lowest BCUT2D eigenvalue weighted by Gasteiger charge is -2.24. The van der Waals surface area contributed by atoms with E-state index in [1.54, 1.807) is 30.4 Å². The maximum Gasteiger partial charge on any atom is 0.295 e. The fourth-order valence-electron chi connectivity index (χ4n) is 3.91. The van der Waals surface area contributed by atoms with E-state index in [1.807, 2.05) is 31.2 Å². The van der Waals surface area contributed by atoms with Gasteiger partial charge in [-0.3, -0.25) is 9.59 Å². The maximum atomic E-state index is 13.0. The molecule has 0 aromatic heterocycles. The number of aryl methyl sites for hydroxylation is 1. The maximum absolute atomic E-state index is 13.0. The van der Waals surface area contributed by atoms with Crippen LogP contribution in [0.25, 0.3) is 5.76 Å². The molecule has 5 heteroatoms. The second-order valence-electron chi connectivity index (χ2n) is 8.14. The zero-order chi connectivity index (χ0) is 23.4. The number of carbonyl (C=O) groups excluding carboxylic acids is 2. The van der Waals surface area contributed by atoms with Crippen LogP contribution >= 0.6 is 0 Å². The summed E-state index contributed by atoms with van der Waals surface area (Å²) < 4.78 is 5.55. The minimum Gasteiger partial charge on any atom is -0.507 e. The van der Waals surface area contributed by atoms with Gasteiger partial charge >= 0.3 is 0 Å². The zero-order valence-electron chi connectivity index (χ0n) is 18.8. The molecule has 1 atom stereocenters. The summed E-state index contributed by atoms with van der Waals surface area (Å²) in [5.41, 5.74) is 3.21. The molecular weight excluding hydrogens is 402 g/mol. The molecule has 0 saturated carbocycles. The minimum absolute atomic E-state index is 0.0806. The first kappa shape index (κ1) is 23.1. The molecule has 1 aliphatic rings. The standard InChI is InChI=1S/C27H29NO4/c1-6-14-28-24(20-10-8-19(9-11-20)17(3)4)23(26(30)27(28)31)25(29)22-13-12-21(16-18(22)5)32-15-7-2/h6-13,16-17,24,29H,1-2,14-15H2,3-5H3/t24-/m1/s1. The highest BCUT2D eigenvalue weighted by Gasteiger charge is 2.45. The van der Waals surface area contributed by atoms with E-state index >= 15 is 0 Å². The first-order valence-electron chi connectivity index (χ1n) is 10.6. The predicted octanol–water partition coefficient (Wildman–Crippen LogP) is 5.29. The van der Waals surface area contributed by atoms with Gasteiger partial charge in [-0.15, -0.1) is 6.58 Å². The van der Waals surface area contributed by atoms with Crippen LogP contribution in [0.4, 0.5) is 0 Å². The van der Waals surface area contributed by atoms with Crippen molar-refractivity contribution in [3.05, 3.63) is 95.6 Å². The summed E-state index contributed by atoms with van der Waals surface area (Å²) in [6.07, 6.45) is 3.23. The molecule has 0 bridgehead atoms. The third-order valence-corrected chi connectivity index (χ3v) is 5.61. The van der Waals surface area contributed by atoms with Crippen molar-refractivity contribution in [1.82, 2.24) is 4.90 Å². The number of aliphatic hydroxyl groups excluding tert-OH is 1. The van der Waals surface area contributed by atoms with Gasteiger partial charge in [0.25, 0.3) is 11.7 Å². The van der Waals surface area contributed by atoms with E-state index in [4.69, 9.17) is 4.74 Å². The first-order valence-corrected chi connectivity index (χ1v) is 10.6. The third kappa shape index (κ3) is 4.37. The summed E-state index contributed by atoms with van der Waals surface area (Å²) in [5.74, 6) is -0.554. The number of rotatable bonds is 8. The average molecular weight is 432 g/mol. The van der Waals surface area contributed by atoms with E-state index < -0.39 is 17.7 Å². The summed E-state index contributed by atoms with van der Waals surface area (Å²) in [4.78, 5) is 27.3. The molecule has 32 heavy (non-hydrogen) atoms. The Morgan fingerprint density at radius 2 is 1.81 bits per heavy atom. The molecule has 2 aromatic carbocycles. The van der Waals surface area contributed by atoms with Crippen molar-refractivity contribution in [1.29, 1.82) is 0 Å². The highest BCUT2D eigenvalue weighted by Crippen LogP contribution is 2.40. The van der Waals surface area contributed by atoms with Crippen LogP contribution in [0.1, 0.15) is 48.1 Å². The van der Waals surface area contributed by atoms with Crippen LogP contribution in [0.15, 0.2) is 73.3 Å². The van der Waals surface area contributed by atoms with Crippen molar-refractivity contribution in [2.45, 2.75) is 32.7 Å².